The number of nitrogens with one attached hydrogen (secondary N) is 2. The van der Waals surface area contributed by atoms with Gasteiger partial charge in [-0.05, 0) is 36.6 Å². The monoisotopic (exact) mass is 377 g/mol. The molecule has 4 aromatic rings. The second-order valence-corrected chi connectivity index (χ2v) is 6.28. The van der Waals surface area contributed by atoms with Crippen LogP contribution >= 0.6 is 11.8 Å². The first-order valence-electron chi connectivity index (χ1n) is 8.07. The second-order valence-electron chi connectivity index (χ2n) is 5.51. The van der Waals surface area contributed by atoms with Gasteiger partial charge in [-0.25, -0.2) is 4.98 Å². The fraction of sp³-hybridized carbons (Fsp3) is 0.0556. The normalized spacial score (nSPS) is 10.7. The molecule has 0 saturated heterocycles. The van der Waals surface area contributed by atoms with Gasteiger partial charge >= 0.3 is 0 Å². The molecule has 0 aliphatic rings. The molecule has 0 atom stereocenters. The average molecular weight is 377 g/mol. The number of hydrogen-bond acceptors (Lipinski definition) is 6. The molecule has 0 radical (unpaired) electrons. The van der Waals surface area contributed by atoms with Gasteiger partial charge in [0.15, 0.2) is 11.0 Å². The summed E-state index contributed by atoms with van der Waals surface area (Å²) in [6.07, 6.45) is 7.21. The molecule has 0 fully saturated rings. The molecule has 27 heavy (non-hydrogen) atoms. The van der Waals surface area contributed by atoms with Crippen molar-refractivity contribution < 1.29 is 4.79 Å². The van der Waals surface area contributed by atoms with Crippen LogP contribution in [0.4, 0.5) is 5.95 Å². The Bertz CT molecular complexity index is 1070. The quantitative estimate of drug-likeness (QED) is 0.519. The minimum absolute atomic E-state index is 0.193. The zero-order chi connectivity index (χ0) is 18.6. The van der Waals surface area contributed by atoms with Crippen molar-refractivity contribution in [1.82, 2.24) is 29.7 Å². The molecule has 8 nitrogen and oxygen atoms in total. The first-order valence-corrected chi connectivity index (χ1v) is 9.30. The molecule has 4 rings (SSSR count). The number of aromatic amines is 1. The largest absolute Gasteiger partial charge is 0.295 e. The molecule has 0 saturated carbocycles. The molecule has 1 aromatic carbocycles. The van der Waals surface area contributed by atoms with Crippen molar-refractivity contribution >= 4 is 23.6 Å². The van der Waals surface area contributed by atoms with E-state index in [-0.39, 0.29) is 11.9 Å². The fourth-order valence-electron chi connectivity index (χ4n) is 2.54. The summed E-state index contributed by atoms with van der Waals surface area (Å²) < 4.78 is 1.92. The van der Waals surface area contributed by atoms with E-state index in [0.29, 0.717) is 17.1 Å². The number of rotatable bonds is 5. The Kier molecular flexibility index (Phi) is 4.67. The van der Waals surface area contributed by atoms with Crippen LogP contribution in [-0.2, 0) is 0 Å². The van der Waals surface area contributed by atoms with Crippen molar-refractivity contribution in [3.05, 3.63) is 66.6 Å². The maximum atomic E-state index is 12.6. The van der Waals surface area contributed by atoms with Gasteiger partial charge in [0.05, 0.1) is 0 Å². The highest BCUT2D eigenvalue weighted by molar-refractivity contribution is 7.98. The van der Waals surface area contributed by atoms with Crippen LogP contribution in [0.3, 0.4) is 0 Å². The Balaban J connectivity index is 1.54. The van der Waals surface area contributed by atoms with Gasteiger partial charge in [0.25, 0.3) is 5.91 Å². The summed E-state index contributed by atoms with van der Waals surface area (Å²) in [5.41, 5.74) is 2.00. The van der Waals surface area contributed by atoms with Crippen LogP contribution in [0.25, 0.3) is 17.2 Å². The van der Waals surface area contributed by atoms with Crippen LogP contribution in [0, 0.1) is 0 Å². The number of benzene rings is 1. The van der Waals surface area contributed by atoms with E-state index in [1.54, 1.807) is 24.5 Å². The number of thioether (sulfide) groups is 1. The molecule has 2 N–H and O–H groups in total. The molecular formula is C18H15N7OS. The third kappa shape index (κ3) is 3.58. The lowest BCUT2D eigenvalue weighted by atomic mass is 10.2. The number of carbonyl (C=O) groups excluding carboxylic acids is 1. The minimum atomic E-state index is -0.297. The highest BCUT2D eigenvalue weighted by atomic mass is 32.2. The molecule has 3 aromatic heterocycles. The lowest BCUT2D eigenvalue weighted by Gasteiger charge is -2.08. The second kappa shape index (κ2) is 7.42. The summed E-state index contributed by atoms with van der Waals surface area (Å²) in [4.78, 5) is 25.3. The minimum Gasteiger partial charge on any atom is -0.295 e. The number of pyridine rings is 1. The van der Waals surface area contributed by atoms with Gasteiger partial charge < -0.3 is 0 Å². The summed E-state index contributed by atoms with van der Waals surface area (Å²) in [6.45, 7) is 0. The summed E-state index contributed by atoms with van der Waals surface area (Å²) >= 11 is 1.54. The van der Waals surface area contributed by atoms with E-state index in [1.165, 1.54) is 11.8 Å². The number of carbonyl (C=O) groups is 1. The first kappa shape index (κ1) is 17.0. The Morgan fingerprint density at radius 2 is 2.07 bits per heavy atom. The van der Waals surface area contributed by atoms with Crippen molar-refractivity contribution in [3.8, 4) is 17.2 Å². The Morgan fingerprint density at radius 1 is 1.15 bits per heavy atom. The van der Waals surface area contributed by atoms with Gasteiger partial charge in [-0.3, -0.25) is 24.8 Å². The average Bonchev–Trinajstić information content (AvgIpc) is 3.38. The lowest BCUT2D eigenvalue weighted by Crippen LogP contribution is -2.13. The molecule has 1 amide bonds. The van der Waals surface area contributed by atoms with Crippen molar-refractivity contribution in [2.45, 2.75) is 5.16 Å². The molecule has 9 heteroatoms. The highest BCUT2D eigenvalue weighted by Gasteiger charge is 2.13. The number of aromatic nitrogens is 6. The SMILES string of the molecule is CSc1nccn1-c1cccc(C(=O)Nc2n[nH]c(-c3ccccn3)n2)c1. The zero-order valence-corrected chi connectivity index (χ0v) is 15.1. The van der Waals surface area contributed by atoms with Gasteiger partial charge in [0.1, 0.15) is 5.69 Å². The molecule has 3 heterocycles. The summed E-state index contributed by atoms with van der Waals surface area (Å²) in [5.74, 6) is 0.385. The van der Waals surface area contributed by atoms with Crippen molar-refractivity contribution in [3.63, 3.8) is 0 Å². The maximum absolute atomic E-state index is 12.6. The van der Waals surface area contributed by atoms with Crippen LogP contribution in [-0.4, -0.2) is 41.9 Å². The number of H-pyrrole nitrogens is 1. The van der Waals surface area contributed by atoms with Crippen LogP contribution in [0.2, 0.25) is 0 Å². The van der Waals surface area contributed by atoms with E-state index in [4.69, 9.17) is 0 Å². The van der Waals surface area contributed by atoms with Crippen LogP contribution in [0.15, 0.2) is 66.2 Å². The molecule has 0 unspecified atom stereocenters. The zero-order valence-electron chi connectivity index (χ0n) is 14.3. The van der Waals surface area contributed by atoms with Crippen molar-refractivity contribution in [2.75, 3.05) is 11.6 Å². The number of hydrogen-bond donors (Lipinski definition) is 2. The number of nitrogens with zero attached hydrogens (tertiary/aromatic N) is 5. The van der Waals surface area contributed by atoms with Crippen LogP contribution in [0.1, 0.15) is 10.4 Å². The van der Waals surface area contributed by atoms with Gasteiger partial charge in [-0.1, -0.05) is 23.9 Å². The number of amides is 1. The molecule has 0 aliphatic heterocycles. The topological polar surface area (TPSA) is 101 Å². The van der Waals surface area contributed by atoms with Gasteiger partial charge in [-0.2, -0.15) is 4.98 Å². The molecule has 0 spiro atoms. The smallest absolute Gasteiger partial charge is 0.258 e. The number of imidazole rings is 1. The molecular weight excluding hydrogens is 362 g/mol. The van der Waals surface area contributed by atoms with Crippen molar-refractivity contribution in [1.29, 1.82) is 0 Å². The summed E-state index contributed by atoms with van der Waals surface area (Å²) in [5, 5.41) is 10.4. The van der Waals surface area contributed by atoms with Gasteiger partial charge in [-0.15, -0.1) is 5.10 Å². The maximum Gasteiger partial charge on any atom is 0.258 e. The predicted octanol–water partition coefficient (Wildman–Crippen LogP) is 3.03. The predicted molar refractivity (Wildman–Crippen MR) is 103 cm³/mol. The van der Waals surface area contributed by atoms with E-state index < -0.39 is 0 Å². The standard InChI is InChI=1S/C18H15N7OS/c1-27-18-20-9-10-25(18)13-6-4-5-12(11-13)16(26)22-17-21-15(23-24-17)14-7-2-3-8-19-14/h2-11H,1H3,(H2,21,22,23,24,26). The van der Waals surface area contributed by atoms with E-state index in [9.17, 15) is 4.79 Å². The van der Waals surface area contributed by atoms with E-state index in [0.717, 1.165) is 10.8 Å². The van der Waals surface area contributed by atoms with E-state index >= 15 is 0 Å². The summed E-state index contributed by atoms with van der Waals surface area (Å²) in [6, 6.07) is 12.8. The van der Waals surface area contributed by atoms with Crippen LogP contribution < -0.4 is 5.32 Å². The Labute approximate surface area is 159 Å². The van der Waals surface area contributed by atoms with Gasteiger partial charge in [0.2, 0.25) is 5.95 Å². The van der Waals surface area contributed by atoms with Crippen LogP contribution in [0.5, 0.6) is 0 Å². The third-order valence-electron chi connectivity index (χ3n) is 3.79. The molecule has 134 valence electrons. The fourth-order valence-corrected chi connectivity index (χ4v) is 3.07. The Hall–Kier alpha value is -3.46. The third-order valence-corrected chi connectivity index (χ3v) is 4.46. The van der Waals surface area contributed by atoms with E-state index in [1.807, 2.05) is 47.4 Å². The van der Waals surface area contributed by atoms with Gasteiger partial charge in [0, 0.05) is 29.8 Å². The van der Waals surface area contributed by atoms with Crippen molar-refractivity contribution in [2.24, 2.45) is 0 Å². The first-order chi connectivity index (χ1) is 13.2. The lowest BCUT2D eigenvalue weighted by molar-refractivity contribution is 0.102. The Morgan fingerprint density at radius 3 is 2.89 bits per heavy atom. The number of anilines is 1. The van der Waals surface area contributed by atoms with E-state index in [2.05, 4.69) is 30.5 Å². The summed E-state index contributed by atoms with van der Waals surface area (Å²) in [7, 11) is 0. The molecule has 0 bridgehead atoms. The molecule has 0 aliphatic carbocycles. The highest BCUT2D eigenvalue weighted by Crippen LogP contribution is 2.19.